The maximum absolute atomic E-state index is 13.9. The molecule has 49 heavy (non-hydrogen) atoms. The van der Waals surface area contributed by atoms with Gasteiger partial charge in [0.25, 0.3) is 0 Å². The van der Waals surface area contributed by atoms with Gasteiger partial charge in [-0.15, -0.1) is 11.8 Å². The second kappa shape index (κ2) is 15.4. The van der Waals surface area contributed by atoms with Crippen molar-refractivity contribution in [1.82, 2.24) is 14.7 Å². The van der Waals surface area contributed by atoms with Crippen LogP contribution in [-0.2, 0) is 20.8 Å². The molecule has 1 spiro atoms. The van der Waals surface area contributed by atoms with Crippen molar-refractivity contribution in [2.24, 2.45) is 0 Å². The highest BCUT2D eigenvalue weighted by molar-refractivity contribution is 7.99. The summed E-state index contributed by atoms with van der Waals surface area (Å²) in [5.41, 5.74) is 1.99. The maximum atomic E-state index is 13.9. The Labute approximate surface area is 299 Å². The molecule has 0 saturated carbocycles. The molecule has 3 aromatic rings. The van der Waals surface area contributed by atoms with Crippen molar-refractivity contribution in [3.8, 4) is 11.5 Å². The van der Waals surface area contributed by atoms with Gasteiger partial charge in [-0.2, -0.15) is 13.2 Å². The summed E-state index contributed by atoms with van der Waals surface area (Å²) in [4.78, 5) is 31.6. The van der Waals surface area contributed by atoms with Crippen molar-refractivity contribution >= 4 is 47.0 Å². The van der Waals surface area contributed by atoms with Gasteiger partial charge in [-0.1, -0.05) is 65.7 Å². The van der Waals surface area contributed by atoms with Gasteiger partial charge < -0.3 is 19.3 Å². The van der Waals surface area contributed by atoms with Crippen molar-refractivity contribution in [2.45, 2.75) is 54.3 Å². The number of benzene rings is 3. The summed E-state index contributed by atoms with van der Waals surface area (Å²) in [6.45, 7) is 2.20. The van der Waals surface area contributed by atoms with Crippen molar-refractivity contribution < 1.29 is 32.2 Å². The highest BCUT2D eigenvalue weighted by Crippen LogP contribution is 2.53. The van der Waals surface area contributed by atoms with Crippen LogP contribution in [0.5, 0.6) is 11.5 Å². The van der Waals surface area contributed by atoms with Crippen LogP contribution in [0.1, 0.15) is 48.8 Å². The Hall–Kier alpha value is -3.12. The van der Waals surface area contributed by atoms with E-state index in [1.54, 1.807) is 42.5 Å². The largest absolute Gasteiger partial charge is 0.493 e. The Morgan fingerprint density at radius 2 is 1.63 bits per heavy atom. The monoisotopic (exact) mass is 737 g/mol. The Balaban J connectivity index is 1.42. The van der Waals surface area contributed by atoms with Gasteiger partial charge >= 0.3 is 12.3 Å². The molecule has 2 amide bonds. The van der Waals surface area contributed by atoms with Crippen molar-refractivity contribution in [1.29, 1.82) is 0 Å². The van der Waals surface area contributed by atoms with Crippen LogP contribution >= 0.6 is 35.0 Å². The zero-order valence-electron chi connectivity index (χ0n) is 27.7. The Morgan fingerprint density at radius 3 is 2.31 bits per heavy atom. The number of likely N-dealkylation sites (N-methyl/N-ethyl adjacent to an activating group) is 2. The third kappa shape index (κ3) is 8.44. The molecule has 0 radical (unpaired) electrons. The predicted molar refractivity (Wildman–Crippen MR) is 188 cm³/mol. The van der Waals surface area contributed by atoms with Gasteiger partial charge in [0, 0.05) is 31.1 Å². The molecule has 0 aliphatic carbocycles. The topological polar surface area (TPSA) is 62.3 Å². The number of ether oxygens (including phenoxy) is 2. The van der Waals surface area contributed by atoms with Crippen LogP contribution in [-0.4, -0.2) is 80.3 Å². The first kappa shape index (κ1) is 37.1. The second-order valence-electron chi connectivity index (χ2n) is 12.7. The number of amides is 2. The first-order chi connectivity index (χ1) is 23.3. The van der Waals surface area contributed by atoms with Crippen LogP contribution < -0.4 is 9.47 Å². The number of hydrogen-bond donors (Lipinski definition) is 0. The average molecular weight is 739 g/mol. The highest BCUT2D eigenvalue weighted by atomic mass is 35.5. The number of alkyl halides is 3. The zero-order chi connectivity index (χ0) is 35.4. The minimum atomic E-state index is -4.70. The van der Waals surface area contributed by atoms with Crippen LogP contribution in [0.4, 0.5) is 18.0 Å². The fourth-order valence-electron chi connectivity index (χ4n) is 6.93. The third-order valence-electron chi connectivity index (χ3n) is 9.66. The number of carbonyl (C=O) groups is 2. The van der Waals surface area contributed by atoms with E-state index in [1.807, 2.05) is 11.8 Å². The minimum absolute atomic E-state index is 0.112. The summed E-state index contributed by atoms with van der Waals surface area (Å²) < 4.78 is 51.3. The van der Waals surface area contributed by atoms with Gasteiger partial charge in [0.05, 0.1) is 22.7 Å². The van der Waals surface area contributed by atoms with Crippen LogP contribution in [0.15, 0.2) is 66.7 Å². The molecular formula is C36H40Cl2F3N3O4S. The van der Waals surface area contributed by atoms with E-state index < -0.39 is 30.1 Å². The van der Waals surface area contributed by atoms with Crippen molar-refractivity contribution in [3.05, 3.63) is 93.5 Å². The molecule has 3 aromatic carbocycles. The van der Waals surface area contributed by atoms with E-state index in [4.69, 9.17) is 32.7 Å². The summed E-state index contributed by atoms with van der Waals surface area (Å²) in [5, 5.41) is 0.476. The average Bonchev–Trinajstić information content (AvgIpc) is 3.43. The highest BCUT2D eigenvalue weighted by Gasteiger charge is 2.45. The zero-order valence-corrected chi connectivity index (χ0v) is 30.0. The molecule has 5 rings (SSSR count). The van der Waals surface area contributed by atoms with Crippen LogP contribution in [0.25, 0.3) is 0 Å². The number of thioether (sulfide) groups is 1. The van der Waals surface area contributed by atoms with E-state index in [1.165, 1.54) is 37.2 Å². The Bertz CT molecular complexity index is 1650. The minimum Gasteiger partial charge on any atom is -0.493 e. The molecule has 0 unspecified atom stereocenters. The van der Waals surface area contributed by atoms with Gasteiger partial charge in [0.2, 0.25) is 5.91 Å². The van der Waals surface area contributed by atoms with Crippen LogP contribution in [0, 0.1) is 0 Å². The van der Waals surface area contributed by atoms with E-state index in [-0.39, 0.29) is 33.5 Å². The molecule has 1 saturated heterocycles. The summed E-state index contributed by atoms with van der Waals surface area (Å²) in [7, 11) is 4.27. The molecule has 2 heterocycles. The molecular weight excluding hydrogens is 698 g/mol. The first-order valence-electron chi connectivity index (χ1n) is 16.1. The molecule has 0 aromatic heterocycles. The van der Waals surface area contributed by atoms with Gasteiger partial charge in [-0.3, -0.25) is 9.69 Å². The number of carbonyl (C=O) groups excluding carboxylic acids is 2. The summed E-state index contributed by atoms with van der Waals surface area (Å²) in [5.74, 6) is 0.382. The molecule has 2 aliphatic rings. The number of para-hydroxylation sites is 2. The van der Waals surface area contributed by atoms with E-state index in [0.29, 0.717) is 24.3 Å². The van der Waals surface area contributed by atoms with Gasteiger partial charge in [-0.05, 0) is 86.3 Å². The SMILES string of the molecule is COc1ccccc1OC(=O)N(C)[C@](CCCN1CCC2(CC1)SCc1ccccc12)(CN(C)C(=O)CC(F)(F)F)c1ccc(Cl)c(Cl)c1. The van der Waals surface area contributed by atoms with E-state index >= 15 is 0 Å². The molecule has 264 valence electrons. The Kier molecular flexibility index (Phi) is 11.7. The third-order valence-corrected chi connectivity index (χ3v) is 12.0. The molecule has 7 nitrogen and oxygen atoms in total. The van der Waals surface area contributed by atoms with E-state index in [9.17, 15) is 22.8 Å². The molecule has 2 aliphatic heterocycles. The van der Waals surface area contributed by atoms with Crippen molar-refractivity contribution in [3.63, 3.8) is 0 Å². The number of methoxy groups -OCH3 is 1. The fourth-order valence-corrected chi connectivity index (χ4v) is 8.73. The molecule has 0 N–H and O–H groups in total. The van der Waals surface area contributed by atoms with Crippen molar-refractivity contribution in [2.75, 3.05) is 47.4 Å². The van der Waals surface area contributed by atoms with Gasteiger partial charge in [0.15, 0.2) is 11.5 Å². The lowest BCUT2D eigenvalue weighted by atomic mass is 9.82. The van der Waals surface area contributed by atoms with Crippen LogP contribution in [0.3, 0.4) is 0 Å². The van der Waals surface area contributed by atoms with E-state index in [0.717, 1.165) is 36.6 Å². The van der Waals surface area contributed by atoms with E-state index in [2.05, 4.69) is 29.2 Å². The fraction of sp³-hybridized carbons (Fsp3) is 0.444. The number of hydrogen-bond acceptors (Lipinski definition) is 6. The Morgan fingerprint density at radius 1 is 0.959 bits per heavy atom. The first-order valence-corrected chi connectivity index (χ1v) is 17.8. The lowest BCUT2D eigenvalue weighted by molar-refractivity contribution is -0.161. The molecule has 0 bridgehead atoms. The quantitative estimate of drug-likeness (QED) is 0.196. The van der Waals surface area contributed by atoms with Gasteiger partial charge in [0.1, 0.15) is 6.42 Å². The van der Waals surface area contributed by atoms with Crippen LogP contribution in [0.2, 0.25) is 10.0 Å². The number of halogens is 5. The number of rotatable bonds is 11. The number of nitrogens with zero attached hydrogens (tertiary/aromatic N) is 3. The smallest absolute Gasteiger partial charge is 0.415 e. The molecule has 13 heteroatoms. The summed E-state index contributed by atoms with van der Waals surface area (Å²) in [6, 6.07) is 20.1. The lowest BCUT2D eigenvalue weighted by Crippen LogP contribution is -2.55. The number of likely N-dealkylation sites (tertiary alicyclic amines) is 1. The molecule has 1 fully saturated rings. The number of piperidine rings is 1. The standard InChI is InChI=1S/C36H40Cl2F3N3O4S/c1-42(32(45)22-36(39,40)41)24-34(26-13-14-28(37)29(38)21-26,43(2)33(46)48-31-12-7-6-11-30(31)47-3)15-8-18-44-19-16-35(17-20-44)27-10-5-4-9-25(27)23-49-35/h4-7,9-14,21H,8,15-20,22-24H2,1-3H3/t34-/m1/s1. The number of fused-ring (bicyclic) bond motifs is 2. The normalized spacial score (nSPS) is 16.9. The lowest BCUT2D eigenvalue weighted by Gasteiger charge is -2.45. The maximum Gasteiger partial charge on any atom is 0.415 e. The molecule has 1 atom stereocenters. The van der Waals surface area contributed by atoms with Gasteiger partial charge in [-0.25, -0.2) is 4.79 Å². The summed E-state index contributed by atoms with van der Waals surface area (Å²) in [6.07, 6.45) is -4.26. The summed E-state index contributed by atoms with van der Waals surface area (Å²) >= 11 is 14.8. The predicted octanol–water partition coefficient (Wildman–Crippen LogP) is 8.76. The second-order valence-corrected chi connectivity index (χ2v) is 14.8.